The van der Waals surface area contributed by atoms with Gasteiger partial charge in [-0.1, -0.05) is 30.3 Å². The summed E-state index contributed by atoms with van der Waals surface area (Å²) in [6.45, 7) is 2.28. The van der Waals surface area contributed by atoms with E-state index < -0.39 is 0 Å². The number of hydrogen-bond acceptors (Lipinski definition) is 2. The Labute approximate surface area is 109 Å². The molecule has 2 rings (SSSR count). The van der Waals surface area contributed by atoms with Crippen LogP contribution in [0.2, 0.25) is 0 Å². The molecule has 0 amide bonds. The summed E-state index contributed by atoms with van der Waals surface area (Å²) in [5.41, 5.74) is 3.72. The van der Waals surface area contributed by atoms with E-state index in [1.165, 1.54) is 30.4 Å². The molecule has 1 aromatic rings. The lowest BCUT2D eigenvalue weighted by Crippen LogP contribution is -2.07. The van der Waals surface area contributed by atoms with Gasteiger partial charge in [-0.2, -0.15) is 0 Å². The van der Waals surface area contributed by atoms with Crippen molar-refractivity contribution in [1.82, 2.24) is 0 Å². The molecule has 0 radical (unpaired) electrons. The van der Waals surface area contributed by atoms with Crippen LogP contribution in [0.3, 0.4) is 0 Å². The first-order valence-electron chi connectivity index (χ1n) is 6.73. The van der Waals surface area contributed by atoms with Gasteiger partial charge in [0.1, 0.15) is 0 Å². The molecule has 0 aromatic heterocycles. The van der Waals surface area contributed by atoms with Crippen molar-refractivity contribution in [2.24, 2.45) is 0 Å². The molecule has 0 unspecified atom stereocenters. The minimum absolute atomic E-state index is 0.146. The molecule has 18 heavy (non-hydrogen) atoms. The van der Waals surface area contributed by atoms with Gasteiger partial charge in [0.2, 0.25) is 0 Å². The van der Waals surface area contributed by atoms with E-state index in [1.54, 1.807) is 0 Å². The number of esters is 1. The summed E-state index contributed by atoms with van der Waals surface area (Å²) >= 11 is 0. The molecule has 0 atom stereocenters. The molecule has 0 spiro atoms. The van der Waals surface area contributed by atoms with Crippen LogP contribution in [0.5, 0.6) is 0 Å². The molecular weight excluding hydrogens is 224 g/mol. The Kier molecular flexibility index (Phi) is 4.57. The van der Waals surface area contributed by atoms with E-state index in [4.69, 9.17) is 4.74 Å². The van der Waals surface area contributed by atoms with Crippen LogP contribution < -0.4 is 0 Å². The number of carbonyl (C=O) groups excluding carboxylic acids is 1. The Hall–Kier alpha value is -1.57. The number of carbonyl (C=O) groups is 1. The van der Waals surface area contributed by atoms with Crippen molar-refractivity contribution in [2.45, 2.75) is 39.0 Å². The number of rotatable bonds is 4. The lowest BCUT2D eigenvalue weighted by atomic mass is 9.92. The van der Waals surface area contributed by atoms with Gasteiger partial charge in [0.15, 0.2) is 0 Å². The average molecular weight is 244 g/mol. The van der Waals surface area contributed by atoms with E-state index in [1.807, 2.05) is 19.1 Å². The van der Waals surface area contributed by atoms with Gasteiger partial charge in [0.05, 0.1) is 13.0 Å². The SMILES string of the molecule is CCOC(=O)Cc1cccc(C2=CCCCC2)c1. The largest absolute Gasteiger partial charge is 0.466 e. The second-order valence-electron chi connectivity index (χ2n) is 4.66. The maximum Gasteiger partial charge on any atom is 0.310 e. The van der Waals surface area contributed by atoms with E-state index in [2.05, 4.69) is 18.2 Å². The van der Waals surface area contributed by atoms with Crippen molar-refractivity contribution in [2.75, 3.05) is 6.61 Å². The quantitative estimate of drug-likeness (QED) is 0.754. The van der Waals surface area contributed by atoms with Crippen molar-refractivity contribution < 1.29 is 9.53 Å². The van der Waals surface area contributed by atoms with E-state index >= 15 is 0 Å². The smallest absolute Gasteiger partial charge is 0.310 e. The first kappa shape index (κ1) is 12.9. The summed E-state index contributed by atoms with van der Waals surface area (Å²) in [7, 11) is 0. The molecule has 1 aliphatic carbocycles. The van der Waals surface area contributed by atoms with Gasteiger partial charge in [-0.15, -0.1) is 0 Å². The first-order valence-corrected chi connectivity index (χ1v) is 6.73. The third-order valence-corrected chi connectivity index (χ3v) is 3.24. The third kappa shape index (κ3) is 3.46. The van der Waals surface area contributed by atoms with Crippen LogP contribution in [0.25, 0.3) is 5.57 Å². The van der Waals surface area contributed by atoms with Crippen LogP contribution in [-0.4, -0.2) is 12.6 Å². The predicted octanol–water partition coefficient (Wildman–Crippen LogP) is 3.75. The standard InChI is InChI=1S/C16H20O2/c1-2-18-16(17)12-13-7-6-10-15(11-13)14-8-4-3-5-9-14/h6-8,10-11H,2-5,9,12H2,1H3. The second-order valence-corrected chi connectivity index (χ2v) is 4.66. The lowest BCUT2D eigenvalue weighted by Gasteiger charge is -2.13. The van der Waals surface area contributed by atoms with Crippen molar-refractivity contribution in [1.29, 1.82) is 0 Å². The second kappa shape index (κ2) is 6.39. The number of benzene rings is 1. The van der Waals surface area contributed by atoms with Crippen LogP contribution in [-0.2, 0) is 16.0 Å². The molecule has 2 nitrogen and oxygen atoms in total. The molecule has 0 saturated carbocycles. The molecule has 1 aromatic carbocycles. The van der Waals surface area contributed by atoms with E-state index in [0.29, 0.717) is 13.0 Å². The van der Waals surface area contributed by atoms with E-state index in [9.17, 15) is 4.79 Å². The topological polar surface area (TPSA) is 26.3 Å². The van der Waals surface area contributed by atoms with Crippen LogP contribution in [0.4, 0.5) is 0 Å². The Morgan fingerprint density at radius 3 is 2.94 bits per heavy atom. The van der Waals surface area contributed by atoms with Crippen LogP contribution in [0.1, 0.15) is 43.7 Å². The summed E-state index contributed by atoms with van der Waals surface area (Å²) in [6, 6.07) is 8.27. The molecule has 0 N–H and O–H groups in total. The third-order valence-electron chi connectivity index (χ3n) is 3.24. The monoisotopic (exact) mass is 244 g/mol. The maximum absolute atomic E-state index is 11.5. The molecule has 0 aliphatic heterocycles. The van der Waals surface area contributed by atoms with Gasteiger partial charge in [-0.25, -0.2) is 0 Å². The summed E-state index contributed by atoms with van der Waals surface area (Å²) < 4.78 is 4.98. The predicted molar refractivity (Wildman–Crippen MR) is 73.2 cm³/mol. The summed E-state index contributed by atoms with van der Waals surface area (Å²) in [6.07, 6.45) is 7.60. The lowest BCUT2D eigenvalue weighted by molar-refractivity contribution is -0.142. The van der Waals surface area contributed by atoms with Crippen molar-refractivity contribution in [3.8, 4) is 0 Å². The zero-order valence-electron chi connectivity index (χ0n) is 10.9. The normalized spacial score (nSPS) is 15.1. The van der Waals surface area contributed by atoms with Crippen molar-refractivity contribution in [3.05, 3.63) is 41.5 Å². The minimum Gasteiger partial charge on any atom is -0.466 e. The fourth-order valence-electron chi connectivity index (χ4n) is 2.36. The zero-order valence-corrected chi connectivity index (χ0v) is 10.9. The van der Waals surface area contributed by atoms with Gasteiger partial charge < -0.3 is 4.74 Å². The molecule has 0 saturated heterocycles. The van der Waals surface area contributed by atoms with Gasteiger partial charge in [-0.05, 0) is 49.3 Å². The average Bonchev–Trinajstić information content (AvgIpc) is 2.40. The van der Waals surface area contributed by atoms with Gasteiger partial charge in [0.25, 0.3) is 0 Å². The molecule has 0 fully saturated rings. The Morgan fingerprint density at radius 2 is 2.22 bits per heavy atom. The number of allylic oxidation sites excluding steroid dienone is 2. The molecule has 96 valence electrons. The molecular formula is C16H20O2. The summed E-state index contributed by atoms with van der Waals surface area (Å²) in [5.74, 6) is -0.146. The van der Waals surface area contributed by atoms with Gasteiger partial charge in [0, 0.05) is 0 Å². The Morgan fingerprint density at radius 1 is 1.33 bits per heavy atom. The highest BCUT2D eigenvalue weighted by Crippen LogP contribution is 2.27. The Bertz CT molecular complexity index is 446. The highest BCUT2D eigenvalue weighted by Gasteiger charge is 2.08. The fraction of sp³-hybridized carbons (Fsp3) is 0.438. The summed E-state index contributed by atoms with van der Waals surface area (Å²) in [5, 5.41) is 0. The maximum atomic E-state index is 11.5. The van der Waals surface area contributed by atoms with Gasteiger partial charge >= 0.3 is 5.97 Å². The van der Waals surface area contributed by atoms with Crippen LogP contribution in [0.15, 0.2) is 30.3 Å². The highest BCUT2D eigenvalue weighted by molar-refractivity contribution is 5.74. The molecule has 2 heteroatoms. The molecule has 1 aliphatic rings. The Balaban J connectivity index is 2.09. The van der Waals surface area contributed by atoms with Crippen molar-refractivity contribution in [3.63, 3.8) is 0 Å². The summed E-state index contributed by atoms with van der Waals surface area (Å²) in [4.78, 5) is 11.5. The van der Waals surface area contributed by atoms with E-state index in [-0.39, 0.29) is 5.97 Å². The zero-order chi connectivity index (χ0) is 12.8. The fourth-order valence-corrected chi connectivity index (χ4v) is 2.36. The first-order chi connectivity index (χ1) is 8.79. The van der Waals surface area contributed by atoms with E-state index in [0.717, 1.165) is 12.0 Å². The van der Waals surface area contributed by atoms with Crippen molar-refractivity contribution >= 4 is 11.5 Å². The highest BCUT2D eigenvalue weighted by atomic mass is 16.5. The number of ether oxygens (including phenoxy) is 1. The van der Waals surface area contributed by atoms with Gasteiger partial charge in [-0.3, -0.25) is 4.79 Å². The van der Waals surface area contributed by atoms with Crippen LogP contribution in [0, 0.1) is 0 Å². The number of hydrogen-bond donors (Lipinski definition) is 0. The molecule has 0 bridgehead atoms. The minimum atomic E-state index is -0.146. The molecule has 0 heterocycles. The van der Waals surface area contributed by atoms with Crippen LogP contribution >= 0.6 is 0 Å².